The lowest BCUT2D eigenvalue weighted by Crippen LogP contribution is -2.30. The zero-order valence-corrected chi connectivity index (χ0v) is 12.0. The summed E-state index contributed by atoms with van der Waals surface area (Å²) in [7, 11) is 1.66. The van der Waals surface area contributed by atoms with Crippen molar-refractivity contribution in [3.63, 3.8) is 0 Å². The maximum atomic E-state index is 11.9. The molecule has 94 valence electrons. The van der Waals surface area contributed by atoms with Crippen LogP contribution in [0.4, 0.5) is 0 Å². The van der Waals surface area contributed by atoms with Crippen LogP contribution in [-0.4, -0.2) is 26.2 Å². The summed E-state index contributed by atoms with van der Waals surface area (Å²) in [5.41, 5.74) is 1.79. The van der Waals surface area contributed by atoms with Gasteiger partial charge in [0.2, 0.25) is 0 Å². The molecule has 17 heavy (non-hydrogen) atoms. The fourth-order valence-electron chi connectivity index (χ4n) is 1.51. The maximum Gasteiger partial charge on any atom is 0.252 e. The largest absolute Gasteiger partial charge is 0.384 e. The number of hydrogen-bond donors (Lipinski definition) is 1. The van der Waals surface area contributed by atoms with Crippen molar-refractivity contribution < 1.29 is 9.53 Å². The molecule has 1 amide bonds. The topological polar surface area (TPSA) is 38.3 Å². The van der Waals surface area contributed by atoms with Crippen LogP contribution < -0.4 is 5.32 Å². The van der Waals surface area contributed by atoms with Gasteiger partial charge >= 0.3 is 0 Å². The summed E-state index contributed by atoms with van der Waals surface area (Å²) in [5, 5.41) is 2.89. The van der Waals surface area contributed by atoms with Crippen molar-refractivity contribution in [2.24, 2.45) is 5.92 Å². The number of aryl methyl sites for hydroxylation is 1. The highest BCUT2D eigenvalue weighted by atomic mass is 79.9. The van der Waals surface area contributed by atoms with Crippen molar-refractivity contribution in [2.75, 3.05) is 20.3 Å². The van der Waals surface area contributed by atoms with Gasteiger partial charge in [-0.1, -0.05) is 13.0 Å². The van der Waals surface area contributed by atoms with E-state index in [1.807, 2.05) is 32.0 Å². The molecule has 0 saturated heterocycles. The zero-order chi connectivity index (χ0) is 12.8. The van der Waals surface area contributed by atoms with Crippen LogP contribution in [0.1, 0.15) is 22.8 Å². The SMILES string of the molecule is COCC(C)CNC(=O)c1ccc(C)cc1Br. The van der Waals surface area contributed by atoms with Gasteiger partial charge in [-0.15, -0.1) is 0 Å². The first-order valence-electron chi connectivity index (χ1n) is 5.58. The van der Waals surface area contributed by atoms with E-state index in [1.54, 1.807) is 7.11 Å². The molecule has 1 unspecified atom stereocenters. The van der Waals surface area contributed by atoms with Gasteiger partial charge in [0.25, 0.3) is 5.91 Å². The first kappa shape index (κ1) is 14.2. The van der Waals surface area contributed by atoms with Gasteiger partial charge in [-0.25, -0.2) is 0 Å². The molecule has 0 bridgehead atoms. The van der Waals surface area contributed by atoms with E-state index in [2.05, 4.69) is 21.2 Å². The molecule has 0 spiro atoms. The lowest BCUT2D eigenvalue weighted by Gasteiger charge is -2.12. The predicted molar refractivity (Wildman–Crippen MR) is 72.3 cm³/mol. The molecule has 0 aliphatic heterocycles. The van der Waals surface area contributed by atoms with E-state index in [4.69, 9.17) is 4.74 Å². The van der Waals surface area contributed by atoms with Crippen molar-refractivity contribution in [1.82, 2.24) is 5.32 Å². The second-order valence-corrected chi connectivity index (χ2v) is 5.11. The monoisotopic (exact) mass is 299 g/mol. The minimum Gasteiger partial charge on any atom is -0.384 e. The Bertz CT molecular complexity index is 393. The Balaban J connectivity index is 2.58. The maximum absolute atomic E-state index is 11.9. The number of hydrogen-bond acceptors (Lipinski definition) is 2. The molecule has 0 aliphatic rings. The molecule has 1 rings (SSSR count). The van der Waals surface area contributed by atoms with Crippen LogP contribution in [0.3, 0.4) is 0 Å². The van der Waals surface area contributed by atoms with Crippen LogP contribution in [0, 0.1) is 12.8 Å². The smallest absolute Gasteiger partial charge is 0.252 e. The van der Waals surface area contributed by atoms with Gasteiger partial charge in [-0.05, 0) is 46.5 Å². The molecule has 0 heterocycles. The Morgan fingerprint density at radius 2 is 2.24 bits per heavy atom. The Labute approximate surface area is 111 Å². The number of rotatable bonds is 5. The summed E-state index contributed by atoms with van der Waals surface area (Å²) in [5.74, 6) is 0.257. The van der Waals surface area contributed by atoms with Crippen LogP contribution in [0.5, 0.6) is 0 Å². The minimum absolute atomic E-state index is 0.0557. The molecule has 0 saturated carbocycles. The Kier molecular flexibility index (Phi) is 5.65. The van der Waals surface area contributed by atoms with Gasteiger partial charge in [-0.2, -0.15) is 0 Å². The second-order valence-electron chi connectivity index (χ2n) is 4.25. The number of ether oxygens (including phenoxy) is 1. The van der Waals surface area contributed by atoms with Crippen molar-refractivity contribution in [2.45, 2.75) is 13.8 Å². The quantitative estimate of drug-likeness (QED) is 0.908. The van der Waals surface area contributed by atoms with Crippen molar-refractivity contribution in [3.05, 3.63) is 33.8 Å². The fourth-order valence-corrected chi connectivity index (χ4v) is 2.18. The lowest BCUT2D eigenvalue weighted by atomic mass is 10.1. The number of benzene rings is 1. The third-order valence-electron chi connectivity index (χ3n) is 2.43. The number of carbonyl (C=O) groups excluding carboxylic acids is 1. The molecule has 1 atom stereocenters. The van der Waals surface area contributed by atoms with Crippen LogP contribution in [0.25, 0.3) is 0 Å². The molecule has 1 aromatic rings. The van der Waals surface area contributed by atoms with Crippen LogP contribution in [0.2, 0.25) is 0 Å². The highest BCUT2D eigenvalue weighted by Crippen LogP contribution is 2.18. The van der Waals surface area contributed by atoms with Crippen LogP contribution in [0.15, 0.2) is 22.7 Å². The van der Waals surface area contributed by atoms with Crippen molar-refractivity contribution in [1.29, 1.82) is 0 Å². The number of carbonyl (C=O) groups is 1. The third-order valence-corrected chi connectivity index (χ3v) is 3.09. The van der Waals surface area contributed by atoms with E-state index in [1.165, 1.54) is 0 Å². The summed E-state index contributed by atoms with van der Waals surface area (Å²) in [6.07, 6.45) is 0. The van der Waals surface area contributed by atoms with Crippen molar-refractivity contribution in [3.8, 4) is 0 Å². The first-order valence-corrected chi connectivity index (χ1v) is 6.37. The molecular weight excluding hydrogens is 282 g/mol. The standard InChI is InChI=1S/C13H18BrNO2/c1-9-4-5-11(12(14)6-9)13(16)15-7-10(2)8-17-3/h4-6,10H,7-8H2,1-3H3,(H,15,16). The average molecular weight is 300 g/mol. The second kappa shape index (κ2) is 6.77. The van der Waals surface area contributed by atoms with Gasteiger partial charge < -0.3 is 10.1 Å². The molecule has 1 aromatic carbocycles. The molecule has 1 N–H and O–H groups in total. The molecule has 0 fully saturated rings. The molecule has 3 nitrogen and oxygen atoms in total. The minimum atomic E-state index is -0.0557. The summed E-state index contributed by atoms with van der Waals surface area (Å²) < 4.78 is 5.85. The number of methoxy groups -OCH3 is 1. The summed E-state index contributed by atoms with van der Waals surface area (Å²) in [6.45, 7) is 5.30. The third kappa shape index (κ3) is 4.48. The molecular formula is C13H18BrNO2. The highest BCUT2D eigenvalue weighted by molar-refractivity contribution is 9.10. The Morgan fingerprint density at radius 1 is 1.53 bits per heavy atom. The van der Waals surface area contributed by atoms with Gasteiger partial charge in [0.1, 0.15) is 0 Å². The molecule has 0 aromatic heterocycles. The van der Waals surface area contributed by atoms with E-state index >= 15 is 0 Å². The Morgan fingerprint density at radius 3 is 2.82 bits per heavy atom. The Hall–Kier alpha value is -0.870. The zero-order valence-electron chi connectivity index (χ0n) is 10.4. The molecule has 0 radical (unpaired) electrons. The van der Waals surface area contributed by atoms with E-state index < -0.39 is 0 Å². The van der Waals surface area contributed by atoms with Gasteiger partial charge in [0.05, 0.1) is 12.2 Å². The predicted octanol–water partition coefficient (Wildman–Crippen LogP) is 2.77. The molecule has 4 heteroatoms. The van der Waals surface area contributed by atoms with E-state index in [9.17, 15) is 4.79 Å². The number of halogens is 1. The van der Waals surface area contributed by atoms with Gasteiger partial charge in [0, 0.05) is 18.1 Å². The van der Waals surface area contributed by atoms with E-state index in [0.717, 1.165) is 10.0 Å². The van der Waals surface area contributed by atoms with Crippen molar-refractivity contribution >= 4 is 21.8 Å². The van der Waals surface area contributed by atoms with Gasteiger partial charge in [0.15, 0.2) is 0 Å². The fraction of sp³-hybridized carbons (Fsp3) is 0.462. The lowest BCUT2D eigenvalue weighted by molar-refractivity contribution is 0.0933. The molecule has 0 aliphatic carbocycles. The number of nitrogens with one attached hydrogen (secondary N) is 1. The summed E-state index contributed by atoms with van der Waals surface area (Å²) >= 11 is 3.40. The van der Waals surface area contributed by atoms with E-state index in [0.29, 0.717) is 24.6 Å². The summed E-state index contributed by atoms with van der Waals surface area (Å²) in [4.78, 5) is 11.9. The summed E-state index contributed by atoms with van der Waals surface area (Å²) in [6, 6.07) is 5.70. The average Bonchev–Trinajstić information content (AvgIpc) is 2.26. The normalized spacial score (nSPS) is 12.2. The van der Waals surface area contributed by atoms with E-state index in [-0.39, 0.29) is 5.91 Å². The van der Waals surface area contributed by atoms with Crippen LogP contribution >= 0.6 is 15.9 Å². The van der Waals surface area contributed by atoms with Crippen LogP contribution in [-0.2, 0) is 4.74 Å². The number of amides is 1. The first-order chi connectivity index (χ1) is 8.04. The van der Waals surface area contributed by atoms with Gasteiger partial charge in [-0.3, -0.25) is 4.79 Å². The highest BCUT2D eigenvalue weighted by Gasteiger charge is 2.10.